The third kappa shape index (κ3) is 3.15. The van der Waals surface area contributed by atoms with Crippen LogP contribution in [0.4, 0.5) is 5.82 Å². The largest absolute Gasteiger partial charge is 0.366 e. The molecule has 0 spiro atoms. The maximum atomic E-state index is 4.81. The number of hydrogen-bond acceptors (Lipinski definition) is 6. The molecule has 5 rings (SSSR count). The molecule has 8 nitrogen and oxygen atoms in total. The van der Waals surface area contributed by atoms with Gasteiger partial charge in [-0.15, -0.1) is 5.10 Å². The smallest absolute Gasteiger partial charge is 0.137 e. The van der Waals surface area contributed by atoms with Gasteiger partial charge in [0.05, 0.1) is 29.5 Å². The molecule has 27 heavy (non-hydrogen) atoms. The molecule has 1 fully saturated rings. The minimum Gasteiger partial charge on any atom is -0.366 e. The number of anilines is 1. The molecule has 0 aliphatic carbocycles. The molecule has 5 heterocycles. The molecule has 0 radical (unpaired) electrons. The van der Waals surface area contributed by atoms with Gasteiger partial charge in [0.2, 0.25) is 0 Å². The molecule has 0 aromatic carbocycles. The van der Waals surface area contributed by atoms with E-state index >= 15 is 0 Å². The van der Waals surface area contributed by atoms with Crippen LogP contribution in [0.2, 0.25) is 0 Å². The van der Waals surface area contributed by atoms with E-state index < -0.39 is 0 Å². The lowest BCUT2D eigenvalue weighted by Crippen LogP contribution is -2.38. The summed E-state index contributed by atoms with van der Waals surface area (Å²) < 4.78 is 2.04. The fourth-order valence-electron chi connectivity index (χ4n) is 3.52. The van der Waals surface area contributed by atoms with E-state index in [1.807, 2.05) is 47.1 Å². The van der Waals surface area contributed by atoms with Gasteiger partial charge in [-0.2, -0.15) is 0 Å². The van der Waals surface area contributed by atoms with Gasteiger partial charge in [-0.25, -0.2) is 9.97 Å². The number of aromatic nitrogens is 6. The summed E-state index contributed by atoms with van der Waals surface area (Å²) in [5.41, 5.74) is 4.58. The van der Waals surface area contributed by atoms with E-state index in [9.17, 15) is 0 Å². The number of hydrogen-bond donors (Lipinski definition) is 3. The van der Waals surface area contributed by atoms with Gasteiger partial charge >= 0.3 is 0 Å². The highest BCUT2D eigenvalue weighted by atomic mass is 15.3. The molecule has 0 amide bonds. The summed E-state index contributed by atoms with van der Waals surface area (Å²) in [6.07, 6.45) is 7.92. The first kappa shape index (κ1) is 16.0. The van der Waals surface area contributed by atoms with Crippen molar-refractivity contribution >= 4 is 11.5 Å². The number of pyridine rings is 2. The SMILES string of the molecule is c1cc(NC2CCCNC2)nc(-c2cnc3cc(-c4cnn[nH]4)ccn23)c1. The van der Waals surface area contributed by atoms with E-state index in [0.717, 1.165) is 47.2 Å². The Morgan fingerprint density at radius 3 is 3.04 bits per heavy atom. The lowest BCUT2D eigenvalue weighted by molar-refractivity contribution is 0.479. The van der Waals surface area contributed by atoms with Gasteiger partial charge < -0.3 is 10.6 Å². The quantitative estimate of drug-likeness (QED) is 0.517. The second kappa shape index (κ2) is 6.81. The molecule has 0 bridgehead atoms. The molecule has 4 aromatic heterocycles. The van der Waals surface area contributed by atoms with Crippen molar-refractivity contribution in [1.29, 1.82) is 0 Å². The van der Waals surface area contributed by atoms with Crippen molar-refractivity contribution in [3.63, 3.8) is 0 Å². The van der Waals surface area contributed by atoms with Crippen LogP contribution in [0.25, 0.3) is 28.3 Å². The van der Waals surface area contributed by atoms with Crippen LogP contribution in [0.1, 0.15) is 12.8 Å². The lowest BCUT2D eigenvalue weighted by Gasteiger charge is -2.24. The van der Waals surface area contributed by atoms with Crippen LogP contribution >= 0.6 is 0 Å². The summed E-state index contributed by atoms with van der Waals surface area (Å²) in [4.78, 5) is 9.35. The average Bonchev–Trinajstić information content (AvgIpc) is 3.38. The standard InChI is InChI=1S/C19H20N8/c1-4-15(24-18(5-1)23-14-3-2-7-20-10-14)17-12-21-19-9-13(6-8-27(17)19)16-11-22-26-25-16/h1,4-6,8-9,11-12,14,20H,2-3,7,10H2,(H,23,24)(H,22,25,26). The molecule has 1 aliphatic heterocycles. The first-order valence-electron chi connectivity index (χ1n) is 9.15. The molecule has 1 aliphatic rings. The van der Waals surface area contributed by atoms with Crippen molar-refractivity contribution in [2.75, 3.05) is 18.4 Å². The van der Waals surface area contributed by atoms with Gasteiger partial charge in [-0.3, -0.25) is 9.50 Å². The number of piperidine rings is 1. The maximum absolute atomic E-state index is 4.81. The van der Waals surface area contributed by atoms with E-state index in [4.69, 9.17) is 4.98 Å². The molecule has 1 atom stereocenters. The highest BCUT2D eigenvalue weighted by Gasteiger charge is 2.14. The van der Waals surface area contributed by atoms with Crippen molar-refractivity contribution in [3.05, 3.63) is 48.9 Å². The van der Waals surface area contributed by atoms with Gasteiger partial charge in [-0.1, -0.05) is 11.3 Å². The summed E-state index contributed by atoms with van der Waals surface area (Å²) in [6, 6.07) is 10.5. The minimum atomic E-state index is 0.425. The number of aromatic amines is 1. The van der Waals surface area contributed by atoms with Gasteiger partial charge in [0.1, 0.15) is 11.5 Å². The zero-order valence-corrected chi connectivity index (χ0v) is 14.8. The first-order chi connectivity index (χ1) is 13.4. The Balaban J connectivity index is 1.45. The Morgan fingerprint density at radius 2 is 2.19 bits per heavy atom. The molecule has 4 aromatic rings. The predicted octanol–water partition coefficient (Wildman–Crippen LogP) is 2.35. The van der Waals surface area contributed by atoms with Crippen molar-refractivity contribution in [2.24, 2.45) is 0 Å². The van der Waals surface area contributed by atoms with Crippen molar-refractivity contribution in [1.82, 2.24) is 35.1 Å². The van der Waals surface area contributed by atoms with Crippen LogP contribution in [-0.2, 0) is 0 Å². The Morgan fingerprint density at radius 1 is 1.19 bits per heavy atom. The van der Waals surface area contributed by atoms with E-state index in [-0.39, 0.29) is 0 Å². The number of nitrogens with zero attached hydrogens (tertiary/aromatic N) is 5. The number of fused-ring (bicyclic) bond motifs is 1. The highest BCUT2D eigenvalue weighted by molar-refractivity contribution is 5.67. The molecule has 0 saturated carbocycles. The van der Waals surface area contributed by atoms with E-state index in [0.29, 0.717) is 6.04 Å². The monoisotopic (exact) mass is 360 g/mol. The highest BCUT2D eigenvalue weighted by Crippen LogP contribution is 2.24. The number of imidazole rings is 1. The van der Waals surface area contributed by atoms with Crippen molar-refractivity contribution in [2.45, 2.75) is 18.9 Å². The zero-order chi connectivity index (χ0) is 18.1. The number of rotatable bonds is 4. The van der Waals surface area contributed by atoms with Gasteiger partial charge in [0.25, 0.3) is 0 Å². The maximum Gasteiger partial charge on any atom is 0.137 e. The van der Waals surface area contributed by atoms with Crippen molar-refractivity contribution < 1.29 is 0 Å². The van der Waals surface area contributed by atoms with Crippen LogP contribution in [-0.4, -0.2) is 48.9 Å². The Labute approximate surface area is 156 Å². The zero-order valence-electron chi connectivity index (χ0n) is 14.8. The molecular weight excluding hydrogens is 340 g/mol. The third-order valence-electron chi connectivity index (χ3n) is 4.90. The lowest BCUT2D eigenvalue weighted by atomic mass is 10.1. The molecule has 1 saturated heterocycles. The summed E-state index contributed by atoms with van der Waals surface area (Å²) in [7, 11) is 0. The topological polar surface area (TPSA) is 95.8 Å². The van der Waals surface area contributed by atoms with E-state index in [2.05, 4.69) is 31.0 Å². The predicted molar refractivity (Wildman–Crippen MR) is 103 cm³/mol. The second-order valence-electron chi connectivity index (χ2n) is 6.75. The summed E-state index contributed by atoms with van der Waals surface area (Å²) >= 11 is 0. The first-order valence-corrected chi connectivity index (χ1v) is 9.15. The van der Waals surface area contributed by atoms with Crippen LogP contribution in [0, 0.1) is 0 Å². The van der Waals surface area contributed by atoms with E-state index in [1.165, 1.54) is 12.8 Å². The van der Waals surface area contributed by atoms with Crippen LogP contribution in [0.15, 0.2) is 48.9 Å². The summed E-state index contributed by atoms with van der Waals surface area (Å²) in [5, 5.41) is 17.4. The summed E-state index contributed by atoms with van der Waals surface area (Å²) in [6.45, 7) is 2.08. The van der Waals surface area contributed by atoms with E-state index in [1.54, 1.807) is 6.20 Å². The minimum absolute atomic E-state index is 0.425. The number of H-pyrrole nitrogens is 1. The summed E-state index contributed by atoms with van der Waals surface area (Å²) in [5.74, 6) is 0.899. The molecular formula is C19H20N8. The molecule has 136 valence electrons. The van der Waals surface area contributed by atoms with Crippen LogP contribution < -0.4 is 10.6 Å². The Hall–Kier alpha value is -3.26. The molecule has 8 heteroatoms. The fraction of sp³-hybridized carbons (Fsp3) is 0.263. The van der Waals surface area contributed by atoms with Crippen molar-refractivity contribution in [3.8, 4) is 22.6 Å². The van der Waals surface area contributed by atoms with Gasteiger partial charge in [0.15, 0.2) is 0 Å². The fourth-order valence-corrected chi connectivity index (χ4v) is 3.52. The van der Waals surface area contributed by atoms with Gasteiger partial charge in [-0.05, 0) is 43.7 Å². The molecule has 1 unspecified atom stereocenters. The molecule has 3 N–H and O–H groups in total. The average molecular weight is 360 g/mol. The third-order valence-corrected chi connectivity index (χ3v) is 4.90. The van der Waals surface area contributed by atoms with Gasteiger partial charge in [0, 0.05) is 24.3 Å². The second-order valence-corrected chi connectivity index (χ2v) is 6.75. The number of nitrogens with one attached hydrogen (secondary N) is 3. The Bertz CT molecular complexity index is 1050. The Kier molecular flexibility index (Phi) is 4.02. The van der Waals surface area contributed by atoms with Crippen LogP contribution in [0.3, 0.4) is 0 Å². The normalized spacial score (nSPS) is 17.3. The van der Waals surface area contributed by atoms with Crippen LogP contribution in [0.5, 0.6) is 0 Å².